The van der Waals surface area contributed by atoms with Crippen LogP contribution in [-0.4, -0.2) is 33.3 Å². The Labute approximate surface area is 159 Å². The lowest BCUT2D eigenvalue weighted by Crippen LogP contribution is -2.22. The zero-order chi connectivity index (χ0) is 19.6. The van der Waals surface area contributed by atoms with E-state index in [-0.39, 0.29) is 21.6 Å². The molecule has 2 aromatic rings. The van der Waals surface area contributed by atoms with Crippen LogP contribution in [0.3, 0.4) is 0 Å². The standard InChI is InChI=1S/C21H24FNO3S/c1-23(2)21(24)12-9-15-5-3-6-16-13-19(10-11-20(15)16)27(25,26)18-8-4-7-17(22)14-18/h4,7-8,10-11,13-15H,3,5-6,9,12H2,1-2H3/t15-/m0/s1. The van der Waals surface area contributed by atoms with Crippen LogP contribution < -0.4 is 0 Å². The Morgan fingerprint density at radius 3 is 2.59 bits per heavy atom. The number of hydrogen-bond donors (Lipinski definition) is 0. The van der Waals surface area contributed by atoms with Crippen molar-refractivity contribution in [3.05, 3.63) is 59.4 Å². The molecule has 1 aliphatic carbocycles. The van der Waals surface area contributed by atoms with E-state index >= 15 is 0 Å². The number of aryl methyl sites for hydroxylation is 1. The molecule has 0 radical (unpaired) electrons. The van der Waals surface area contributed by atoms with Gasteiger partial charge in [-0.25, -0.2) is 12.8 Å². The van der Waals surface area contributed by atoms with Crippen LogP contribution in [0.1, 0.15) is 42.7 Å². The third-order valence-electron chi connectivity index (χ3n) is 5.18. The highest BCUT2D eigenvalue weighted by Gasteiger charge is 2.25. The second-order valence-corrected chi connectivity index (χ2v) is 9.19. The number of amides is 1. The third kappa shape index (κ3) is 4.21. The molecule has 6 heteroatoms. The molecule has 1 aliphatic rings. The predicted molar refractivity (Wildman–Crippen MR) is 102 cm³/mol. The SMILES string of the molecule is CN(C)C(=O)CC[C@@H]1CCCc2cc(S(=O)(=O)c3cccc(F)c3)ccc21. The fraction of sp³-hybridized carbons (Fsp3) is 0.381. The average Bonchev–Trinajstić information content (AvgIpc) is 2.65. The van der Waals surface area contributed by atoms with Crippen molar-refractivity contribution >= 4 is 15.7 Å². The third-order valence-corrected chi connectivity index (χ3v) is 6.92. The lowest BCUT2D eigenvalue weighted by atomic mass is 9.80. The van der Waals surface area contributed by atoms with Crippen molar-refractivity contribution in [1.82, 2.24) is 4.90 Å². The van der Waals surface area contributed by atoms with Crippen LogP contribution in [0.4, 0.5) is 4.39 Å². The average molecular weight is 389 g/mol. The number of carbonyl (C=O) groups excluding carboxylic acids is 1. The van der Waals surface area contributed by atoms with Gasteiger partial charge in [-0.3, -0.25) is 4.79 Å². The molecular formula is C21H24FNO3S. The first-order chi connectivity index (χ1) is 12.8. The summed E-state index contributed by atoms with van der Waals surface area (Å²) >= 11 is 0. The number of fused-ring (bicyclic) bond motifs is 1. The van der Waals surface area contributed by atoms with Crippen LogP contribution >= 0.6 is 0 Å². The maximum Gasteiger partial charge on any atom is 0.222 e. The van der Waals surface area contributed by atoms with Crippen LogP contribution in [0.25, 0.3) is 0 Å². The summed E-state index contributed by atoms with van der Waals surface area (Å²) in [5, 5.41) is 0. The summed E-state index contributed by atoms with van der Waals surface area (Å²) < 4.78 is 39.1. The Morgan fingerprint density at radius 2 is 1.89 bits per heavy atom. The molecule has 1 atom stereocenters. The zero-order valence-electron chi connectivity index (χ0n) is 15.6. The van der Waals surface area contributed by atoms with Crippen LogP contribution in [0, 0.1) is 5.82 Å². The largest absolute Gasteiger partial charge is 0.349 e. The molecule has 0 saturated carbocycles. The molecule has 2 aromatic carbocycles. The maximum absolute atomic E-state index is 13.4. The van der Waals surface area contributed by atoms with Gasteiger partial charge in [0.25, 0.3) is 0 Å². The molecule has 1 amide bonds. The normalized spacial score (nSPS) is 16.6. The highest BCUT2D eigenvalue weighted by molar-refractivity contribution is 7.91. The van der Waals surface area contributed by atoms with Gasteiger partial charge in [0.05, 0.1) is 9.79 Å². The maximum atomic E-state index is 13.4. The molecule has 0 N–H and O–H groups in total. The number of rotatable bonds is 5. The van der Waals surface area contributed by atoms with Gasteiger partial charge in [-0.2, -0.15) is 0 Å². The van der Waals surface area contributed by atoms with E-state index in [1.165, 1.54) is 18.2 Å². The van der Waals surface area contributed by atoms with Gasteiger partial charge in [0.15, 0.2) is 0 Å². The Balaban J connectivity index is 1.87. The molecule has 0 unspecified atom stereocenters. The van der Waals surface area contributed by atoms with Crippen LogP contribution in [-0.2, 0) is 21.1 Å². The minimum atomic E-state index is -3.75. The number of carbonyl (C=O) groups is 1. The second kappa shape index (κ2) is 7.80. The number of sulfone groups is 1. The summed E-state index contributed by atoms with van der Waals surface area (Å²) in [6, 6.07) is 10.3. The van der Waals surface area contributed by atoms with E-state index in [2.05, 4.69) is 0 Å². The highest BCUT2D eigenvalue weighted by atomic mass is 32.2. The topological polar surface area (TPSA) is 54.5 Å². The molecule has 144 valence electrons. The highest BCUT2D eigenvalue weighted by Crippen LogP contribution is 2.36. The van der Waals surface area contributed by atoms with Gasteiger partial charge in [0.1, 0.15) is 5.82 Å². The lowest BCUT2D eigenvalue weighted by molar-refractivity contribution is -0.128. The van der Waals surface area contributed by atoms with E-state index in [1.807, 2.05) is 6.07 Å². The first-order valence-electron chi connectivity index (χ1n) is 9.12. The van der Waals surface area contributed by atoms with Crippen molar-refractivity contribution in [2.45, 2.75) is 47.8 Å². The Bertz CT molecular complexity index is 954. The number of benzene rings is 2. The lowest BCUT2D eigenvalue weighted by Gasteiger charge is -2.26. The monoisotopic (exact) mass is 389 g/mol. The Kier molecular flexibility index (Phi) is 5.65. The van der Waals surface area contributed by atoms with E-state index in [4.69, 9.17) is 0 Å². The fourth-order valence-electron chi connectivity index (χ4n) is 3.65. The van der Waals surface area contributed by atoms with E-state index in [9.17, 15) is 17.6 Å². The fourth-order valence-corrected chi connectivity index (χ4v) is 4.99. The number of halogens is 1. The molecule has 0 saturated heterocycles. The predicted octanol–water partition coefficient (Wildman–Crippen LogP) is 3.95. The summed E-state index contributed by atoms with van der Waals surface area (Å²) in [6.45, 7) is 0. The van der Waals surface area contributed by atoms with Gasteiger partial charge in [0, 0.05) is 20.5 Å². The quantitative estimate of drug-likeness (QED) is 0.778. The number of nitrogens with zero attached hydrogens (tertiary/aromatic N) is 1. The van der Waals surface area contributed by atoms with E-state index in [0.29, 0.717) is 6.42 Å². The van der Waals surface area contributed by atoms with Gasteiger partial charge in [-0.05, 0) is 73.1 Å². The summed E-state index contributed by atoms with van der Waals surface area (Å²) in [6.07, 6.45) is 4.04. The summed E-state index contributed by atoms with van der Waals surface area (Å²) in [5.41, 5.74) is 2.15. The number of hydrogen-bond acceptors (Lipinski definition) is 3. The molecule has 0 heterocycles. The Morgan fingerprint density at radius 1 is 1.15 bits per heavy atom. The smallest absolute Gasteiger partial charge is 0.222 e. The molecular weight excluding hydrogens is 365 g/mol. The Hall–Kier alpha value is -2.21. The molecule has 0 fully saturated rings. The molecule has 3 rings (SSSR count). The van der Waals surface area contributed by atoms with Gasteiger partial charge in [-0.15, -0.1) is 0 Å². The zero-order valence-corrected chi connectivity index (χ0v) is 16.4. The van der Waals surface area contributed by atoms with Crippen LogP contribution in [0.5, 0.6) is 0 Å². The van der Waals surface area contributed by atoms with Gasteiger partial charge in [-0.1, -0.05) is 12.1 Å². The van der Waals surface area contributed by atoms with Crippen molar-refractivity contribution in [2.75, 3.05) is 14.1 Å². The molecule has 0 spiro atoms. The van der Waals surface area contributed by atoms with Crippen LogP contribution in [0.15, 0.2) is 52.3 Å². The summed E-state index contributed by atoms with van der Waals surface area (Å²) in [5.74, 6) is -0.198. The van der Waals surface area contributed by atoms with Gasteiger partial charge in [0.2, 0.25) is 15.7 Å². The minimum Gasteiger partial charge on any atom is -0.349 e. The van der Waals surface area contributed by atoms with E-state index < -0.39 is 15.7 Å². The van der Waals surface area contributed by atoms with Crippen molar-refractivity contribution in [2.24, 2.45) is 0 Å². The van der Waals surface area contributed by atoms with Crippen molar-refractivity contribution in [1.29, 1.82) is 0 Å². The van der Waals surface area contributed by atoms with Gasteiger partial charge >= 0.3 is 0 Å². The molecule has 27 heavy (non-hydrogen) atoms. The molecule has 4 nitrogen and oxygen atoms in total. The minimum absolute atomic E-state index is 0.0358. The van der Waals surface area contributed by atoms with Gasteiger partial charge < -0.3 is 4.90 Å². The van der Waals surface area contributed by atoms with E-state index in [1.54, 1.807) is 31.1 Å². The van der Waals surface area contributed by atoms with Crippen molar-refractivity contribution < 1.29 is 17.6 Å². The molecule has 0 aromatic heterocycles. The summed E-state index contributed by atoms with van der Waals surface area (Å²) in [4.78, 5) is 13.6. The van der Waals surface area contributed by atoms with Crippen molar-refractivity contribution in [3.8, 4) is 0 Å². The summed E-state index contributed by atoms with van der Waals surface area (Å²) in [7, 11) is -0.249. The first kappa shape index (κ1) is 19.5. The van der Waals surface area contributed by atoms with E-state index in [0.717, 1.165) is 42.9 Å². The first-order valence-corrected chi connectivity index (χ1v) is 10.6. The second-order valence-electron chi connectivity index (χ2n) is 7.24. The van der Waals surface area contributed by atoms with Crippen LogP contribution in [0.2, 0.25) is 0 Å². The van der Waals surface area contributed by atoms with Crippen molar-refractivity contribution in [3.63, 3.8) is 0 Å². The molecule has 0 aliphatic heterocycles. The molecule has 0 bridgehead atoms.